The van der Waals surface area contributed by atoms with Gasteiger partial charge in [-0.25, -0.2) is 0 Å². The molecule has 4 heteroatoms. The van der Waals surface area contributed by atoms with E-state index in [1.165, 1.54) is 13.8 Å². The highest BCUT2D eigenvalue weighted by atomic mass is 16.2. The van der Waals surface area contributed by atoms with Crippen molar-refractivity contribution >= 4 is 11.8 Å². The minimum absolute atomic E-state index is 0.00728. The number of carbonyl (C=O) groups excluding carboxylic acids is 2. The highest BCUT2D eigenvalue weighted by molar-refractivity contribution is 5.75. The Labute approximate surface area is 113 Å². The van der Waals surface area contributed by atoms with Crippen LogP contribution in [0.25, 0.3) is 0 Å². The smallest absolute Gasteiger partial charge is 0.217 e. The highest BCUT2D eigenvalue weighted by Gasteiger charge is 2.45. The summed E-state index contributed by atoms with van der Waals surface area (Å²) in [5.74, 6) is -0.0559. The molecule has 1 aliphatic carbocycles. The van der Waals surface area contributed by atoms with Crippen LogP contribution in [0, 0.1) is 0 Å². The topological polar surface area (TPSA) is 58.2 Å². The molecule has 1 atom stereocenters. The van der Waals surface area contributed by atoms with Crippen molar-refractivity contribution in [3.63, 3.8) is 0 Å². The SMILES string of the molecule is CC(=O)NC(CC1(NC(C)=O)CC1)c1ccccc1. The van der Waals surface area contributed by atoms with Crippen LogP contribution < -0.4 is 10.6 Å². The zero-order valence-electron chi connectivity index (χ0n) is 11.4. The number of amides is 2. The summed E-state index contributed by atoms with van der Waals surface area (Å²) >= 11 is 0. The predicted octanol–water partition coefficient (Wildman–Crippen LogP) is 1.92. The van der Waals surface area contributed by atoms with E-state index >= 15 is 0 Å². The Morgan fingerprint density at radius 3 is 2.26 bits per heavy atom. The molecule has 2 amide bonds. The molecular formula is C15H20N2O2. The van der Waals surface area contributed by atoms with Crippen LogP contribution in [0.1, 0.15) is 44.7 Å². The molecule has 19 heavy (non-hydrogen) atoms. The molecule has 1 aromatic carbocycles. The first-order valence-electron chi connectivity index (χ1n) is 6.62. The third-order valence-electron chi connectivity index (χ3n) is 3.47. The first-order valence-corrected chi connectivity index (χ1v) is 6.62. The second-order valence-electron chi connectivity index (χ2n) is 5.33. The van der Waals surface area contributed by atoms with Crippen LogP contribution in [-0.2, 0) is 9.59 Å². The third-order valence-corrected chi connectivity index (χ3v) is 3.47. The number of hydrogen-bond donors (Lipinski definition) is 2. The zero-order chi connectivity index (χ0) is 13.9. The first-order chi connectivity index (χ1) is 9.01. The lowest BCUT2D eigenvalue weighted by Gasteiger charge is -2.25. The van der Waals surface area contributed by atoms with Crippen molar-refractivity contribution < 1.29 is 9.59 Å². The molecule has 1 saturated carbocycles. The molecule has 0 aliphatic heterocycles. The summed E-state index contributed by atoms with van der Waals surface area (Å²) in [5.41, 5.74) is 0.948. The maximum Gasteiger partial charge on any atom is 0.217 e. The van der Waals surface area contributed by atoms with Crippen LogP contribution in [-0.4, -0.2) is 17.4 Å². The van der Waals surface area contributed by atoms with Crippen molar-refractivity contribution in [1.82, 2.24) is 10.6 Å². The molecule has 1 aromatic rings. The standard InChI is InChI=1S/C15H20N2O2/c1-11(18)16-14(13-6-4-3-5-7-13)10-15(8-9-15)17-12(2)19/h3-7,14H,8-10H2,1-2H3,(H,16,18)(H,17,19). The fourth-order valence-electron chi connectivity index (χ4n) is 2.48. The van der Waals surface area contributed by atoms with Crippen LogP contribution >= 0.6 is 0 Å². The summed E-state index contributed by atoms with van der Waals surface area (Å²) in [6, 6.07) is 9.84. The third kappa shape index (κ3) is 3.81. The Kier molecular flexibility index (Phi) is 3.88. The summed E-state index contributed by atoms with van der Waals surface area (Å²) in [5, 5.41) is 5.99. The fourth-order valence-corrected chi connectivity index (χ4v) is 2.48. The van der Waals surface area contributed by atoms with Gasteiger partial charge in [0.05, 0.1) is 6.04 Å². The maximum absolute atomic E-state index is 11.4. The van der Waals surface area contributed by atoms with Crippen molar-refractivity contribution in [1.29, 1.82) is 0 Å². The molecule has 0 radical (unpaired) electrons. The number of carbonyl (C=O) groups is 2. The number of nitrogens with one attached hydrogen (secondary N) is 2. The number of rotatable bonds is 5. The van der Waals surface area contributed by atoms with Gasteiger partial charge in [-0.05, 0) is 24.8 Å². The quantitative estimate of drug-likeness (QED) is 0.849. The second kappa shape index (κ2) is 5.43. The minimum atomic E-state index is -0.130. The predicted molar refractivity (Wildman–Crippen MR) is 73.4 cm³/mol. The van der Waals surface area contributed by atoms with Crippen molar-refractivity contribution in [2.24, 2.45) is 0 Å². The minimum Gasteiger partial charge on any atom is -0.351 e. The molecule has 4 nitrogen and oxygen atoms in total. The molecule has 2 rings (SSSR count). The van der Waals surface area contributed by atoms with Gasteiger partial charge in [0.25, 0.3) is 0 Å². The molecular weight excluding hydrogens is 240 g/mol. The van der Waals surface area contributed by atoms with Gasteiger partial charge in [0.1, 0.15) is 0 Å². The van der Waals surface area contributed by atoms with Gasteiger partial charge in [0.15, 0.2) is 0 Å². The Hall–Kier alpha value is -1.84. The van der Waals surface area contributed by atoms with Crippen LogP contribution in [0.4, 0.5) is 0 Å². The summed E-state index contributed by atoms with van der Waals surface area (Å²) in [6.45, 7) is 3.06. The van der Waals surface area contributed by atoms with Gasteiger partial charge in [0, 0.05) is 19.4 Å². The molecule has 102 valence electrons. The van der Waals surface area contributed by atoms with Gasteiger partial charge in [-0.1, -0.05) is 30.3 Å². The summed E-state index contributed by atoms with van der Waals surface area (Å²) < 4.78 is 0. The summed E-state index contributed by atoms with van der Waals surface area (Å²) in [6.07, 6.45) is 2.71. The van der Waals surface area contributed by atoms with E-state index in [4.69, 9.17) is 0 Å². The van der Waals surface area contributed by atoms with Crippen molar-refractivity contribution in [2.75, 3.05) is 0 Å². The van der Waals surface area contributed by atoms with Gasteiger partial charge >= 0.3 is 0 Å². The second-order valence-corrected chi connectivity index (χ2v) is 5.33. The molecule has 0 aromatic heterocycles. The van der Waals surface area contributed by atoms with Gasteiger partial charge in [-0.15, -0.1) is 0 Å². The zero-order valence-corrected chi connectivity index (χ0v) is 11.4. The molecule has 1 aliphatic rings. The molecule has 1 fully saturated rings. The number of hydrogen-bond acceptors (Lipinski definition) is 2. The highest BCUT2D eigenvalue weighted by Crippen LogP contribution is 2.42. The lowest BCUT2D eigenvalue weighted by molar-refractivity contribution is -0.120. The van der Waals surface area contributed by atoms with Crippen LogP contribution in [0.15, 0.2) is 30.3 Å². The molecule has 0 spiro atoms. The first kappa shape index (κ1) is 13.6. The van der Waals surface area contributed by atoms with E-state index < -0.39 is 0 Å². The van der Waals surface area contributed by atoms with E-state index in [-0.39, 0.29) is 23.4 Å². The van der Waals surface area contributed by atoms with E-state index in [1.54, 1.807) is 0 Å². The summed E-state index contributed by atoms with van der Waals surface area (Å²) in [7, 11) is 0. The normalized spacial score (nSPS) is 17.4. The maximum atomic E-state index is 11.4. The molecule has 1 unspecified atom stereocenters. The van der Waals surface area contributed by atoms with Gasteiger partial charge < -0.3 is 10.6 Å². The van der Waals surface area contributed by atoms with E-state index in [0.717, 1.165) is 24.8 Å². The van der Waals surface area contributed by atoms with Crippen LogP contribution in [0.3, 0.4) is 0 Å². The molecule has 0 bridgehead atoms. The van der Waals surface area contributed by atoms with Gasteiger partial charge in [-0.3, -0.25) is 9.59 Å². The lowest BCUT2D eigenvalue weighted by Crippen LogP contribution is -2.39. The van der Waals surface area contributed by atoms with Crippen molar-refractivity contribution in [3.05, 3.63) is 35.9 Å². The Morgan fingerprint density at radius 1 is 1.16 bits per heavy atom. The van der Waals surface area contributed by atoms with Crippen molar-refractivity contribution in [3.8, 4) is 0 Å². The van der Waals surface area contributed by atoms with E-state index in [2.05, 4.69) is 10.6 Å². The summed E-state index contributed by atoms with van der Waals surface area (Å²) in [4.78, 5) is 22.6. The molecule has 0 saturated heterocycles. The average molecular weight is 260 g/mol. The van der Waals surface area contributed by atoms with Crippen LogP contribution in [0.5, 0.6) is 0 Å². The van der Waals surface area contributed by atoms with E-state index in [0.29, 0.717) is 0 Å². The largest absolute Gasteiger partial charge is 0.351 e. The lowest BCUT2D eigenvalue weighted by atomic mass is 9.97. The average Bonchev–Trinajstić information content (AvgIpc) is 3.07. The molecule has 2 N–H and O–H groups in total. The monoisotopic (exact) mass is 260 g/mol. The van der Waals surface area contributed by atoms with E-state index in [9.17, 15) is 9.59 Å². The van der Waals surface area contributed by atoms with Gasteiger partial charge in [-0.2, -0.15) is 0 Å². The Bertz CT molecular complexity index is 466. The molecule has 0 heterocycles. The Balaban J connectivity index is 2.11. The van der Waals surface area contributed by atoms with Crippen molar-refractivity contribution in [2.45, 2.75) is 44.7 Å². The van der Waals surface area contributed by atoms with E-state index in [1.807, 2.05) is 30.3 Å². The fraction of sp³-hybridized carbons (Fsp3) is 0.467. The number of benzene rings is 1. The van der Waals surface area contributed by atoms with Gasteiger partial charge in [0.2, 0.25) is 11.8 Å². The Morgan fingerprint density at radius 2 is 1.79 bits per heavy atom. The van der Waals surface area contributed by atoms with Crippen LogP contribution in [0.2, 0.25) is 0 Å².